The van der Waals surface area contributed by atoms with Crippen LogP contribution in [0.1, 0.15) is 5.01 Å². The number of hydrogen-bond acceptors (Lipinski definition) is 3. The van der Waals surface area contributed by atoms with Crippen molar-refractivity contribution in [3.63, 3.8) is 0 Å². The second-order valence-electron chi connectivity index (χ2n) is 2.88. The molecule has 0 saturated carbocycles. The molecule has 14 heavy (non-hydrogen) atoms. The lowest BCUT2D eigenvalue weighted by molar-refractivity contribution is 0.958. The number of thiazole rings is 1. The van der Waals surface area contributed by atoms with Crippen molar-refractivity contribution in [2.45, 2.75) is 6.42 Å². The predicted octanol–water partition coefficient (Wildman–Crippen LogP) is 3.10. The van der Waals surface area contributed by atoms with Crippen molar-refractivity contribution < 1.29 is 0 Å². The minimum atomic E-state index is 0.545. The molecule has 0 saturated heterocycles. The van der Waals surface area contributed by atoms with Gasteiger partial charge in [0.2, 0.25) is 0 Å². The molecular formula is C9H8Cl2N2S. The monoisotopic (exact) mass is 246 g/mol. The molecule has 0 radical (unpaired) electrons. The van der Waals surface area contributed by atoms with Crippen molar-refractivity contribution in [3.8, 4) is 0 Å². The van der Waals surface area contributed by atoms with Gasteiger partial charge in [-0.3, -0.25) is 0 Å². The number of aromatic nitrogens is 1. The highest BCUT2D eigenvalue weighted by atomic mass is 35.5. The van der Waals surface area contributed by atoms with E-state index in [1.54, 1.807) is 17.4 Å². The fourth-order valence-electron chi connectivity index (χ4n) is 1.20. The van der Waals surface area contributed by atoms with E-state index in [2.05, 4.69) is 4.98 Å². The van der Waals surface area contributed by atoms with Gasteiger partial charge in [-0.1, -0.05) is 23.2 Å². The summed E-state index contributed by atoms with van der Waals surface area (Å²) in [7, 11) is 0. The fourth-order valence-corrected chi connectivity index (χ4v) is 2.59. The molecule has 0 unspecified atom stereocenters. The summed E-state index contributed by atoms with van der Waals surface area (Å²) in [6.45, 7) is 0.612. The Morgan fingerprint density at radius 1 is 1.29 bits per heavy atom. The molecule has 0 atom stereocenters. The number of nitrogens with two attached hydrogens (primary N) is 1. The average molecular weight is 247 g/mol. The lowest BCUT2D eigenvalue weighted by atomic mass is 10.3. The Bertz CT molecular complexity index is 428. The van der Waals surface area contributed by atoms with Crippen LogP contribution in [0.2, 0.25) is 10.0 Å². The summed E-state index contributed by atoms with van der Waals surface area (Å²) in [5, 5.41) is 2.15. The van der Waals surface area contributed by atoms with Crippen molar-refractivity contribution in [1.82, 2.24) is 4.98 Å². The van der Waals surface area contributed by atoms with Gasteiger partial charge in [0, 0.05) is 6.42 Å². The van der Waals surface area contributed by atoms with Gasteiger partial charge in [0.05, 0.1) is 25.3 Å². The van der Waals surface area contributed by atoms with Crippen LogP contribution in [-0.2, 0) is 6.42 Å². The first-order valence-corrected chi connectivity index (χ1v) is 5.72. The van der Waals surface area contributed by atoms with Gasteiger partial charge in [0.1, 0.15) is 0 Å². The van der Waals surface area contributed by atoms with Gasteiger partial charge in [-0.15, -0.1) is 11.3 Å². The zero-order chi connectivity index (χ0) is 10.1. The van der Waals surface area contributed by atoms with Crippen LogP contribution >= 0.6 is 34.5 Å². The summed E-state index contributed by atoms with van der Waals surface area (Å²) in [5.41, 5.74) is 6.35. The lowest BCUT2D eigenvalue weighted by Gasteiger charge is -1.92. The van der Waals surface area contributed by atoms with Crippen LogP contribution in [0.5, 0.6) is 0 Å². The van der Waals surface area contributed by atoms with Gasteiger partial charge >= 0.3 is 0 Å². The van der Waals surface area contributed by atoms with E-state index in [4.69, 9.17) is 28.9 Å². The highest BCUT2D eigenvalue weighted by Crippen LogP contribution is 2.31. The highest BCUT2D eigenvalue weighted by molar-refractivity contribution is 7.18. The number of rotatable bonds is 2. The Morgan fingerprint density at radius 3 is 2.71 bits per heavy atom. The molecule has 1 aromatic carbocycles. The van der Waals surface area contributed by atoms with Crippen LogP contribution in [0.25, 0.3) is 10.2 Å². The molecule has 0 aliphatic heterocycles. The molecule has 2 rings (SSSR count). The second kappa shape index (κ2) is 4.03. The molecular weight excluding hydrogens is 239 g/mol. The van der Waals surface area contributed by atoms with Gasteiger partial charge < -0.3 is 5.73 Å². The Labute approximate surface area is 95.6 Å². The predicted molar refractivity (Wildman–Crippen MR) is 62.4 cm³/mol. The summed E-state index contributed by atoms with van der Waals surface area (Å²) in [4.78, 5) is 4.40. The summed E-state index contributed by atoms with van der Waals surface area (Å²) < 4.78 is 1.06. The minimum absolute atomic E-state index is 0.545. The largest absolute Gasteiger partial charge is 0.330 e. The maximum atomic E-state index is 5.90. The molecule has 0 aliphatic carbocycles. The Kier molecular flexibility index (Phi) is 2.93. The molecule has 5 heteroatoms. The number of halogens is 2. The van der Waals surface area contributed by atoms with E-state index in [1.807, 2.05) is 6.07 Å². The molecule has 0 aliphatic rings. The quantitative estimate of drug-likeness (QED) is 0.885. The molecule has 0 spiro atoms. The first kappa shape index (κ1) is 10.2. The molecule has 0 fully saturated rings. The summed E-state index contributed by atoms with van der Waals surface area (Å²) >= 11 is 13.4. The zero-order valence-electron chi connectivity index (χ0n) is 7.26. The first-order valence-electron chi connectivity index (χ1n) is 4.15. The van der Waals surface area contributed by atoms with Crippen molar-refractivity contribution >= 4 is 44.8 Å². The van der Waals surface area contributed by atoms with E-state index in [0.29, 0.717) is 16.6 Å². The zero-order valence-corrected chi connectivity index (χ0v) is 9.59. The maximum Gasteiger partial charge on any atom is 0.0951 e. The first-order chi connectivity index (χ1) is 6.70. The van der Waals surface area contributed by atoms with Gasteiger partial charge in [-0.05, 0) is 18.7 Å². The average Bonchev–Trinajstić information content (AvgIpc) is 2.48. The van der Waals surface area contributed by atoms with Crippen molar-refractivity contribution in [2.75, 3.05) is 6.54 Å². The van der Waals surface area contributed by atoms with Crippen molar-refractivity contribution in [2.24, 2.45) is 5.73 Å². The van der Waals surface area contributed by atoms with E-state index >= 15 is 0 Å². The molecule has 0 bridgehead atoms. The molecule has 2 N–H and O–H groups in total. The molecule has 1 heterocycles. The number of fused-ring (bicyclic) bond motifs is 1. The number of nitrogens with zero attached hydrogens (tertiary/aromatic N) is 1. The Morgan fingerprint density at radius 2 is 2.00 bits per heavy atom. The summed E-state index contributed by atoms with van der Waals surface area (Å²) in [6, 6.07) is 3.63. The third kappa shape index (κ3) is 1.86. The Hall–Kier alpha value is -0.350. The van der Waals surface area contributed by atoms with Crippen LogP contribution < -0.4 is 5.73 Å². The minimum Gasteiger partial charge on any atom is -0.330 e. The van der Waals surface area contributed by atoms with Gasteiger partial charge in [0.25, 0.3) is 0 Å². The third-order valence-electron chi connectivity index (χ3n) is 1.83. The van der Waals surface area contributed by atoms with E-state index in [1.165, 1.54) is 0 Å². The molecule has 2 nitrogen and oxygen atoms in total. The van der Waals surface area contributed by atoms with Crippen LogP contribution in [-0.4, -0.2) is 11.5 Å². The molecule has 1 aromatic heterocycles. The van der Waals surface area contributed by atoms with Crippen LogP contribution in [0.15, 0.2) is 12.1 Å². The third-order valence-corrected chi connectivity index (χ3v) is 3.63. The van der Waals surface area contributed by atoms with Crippen molar-refractivity contribution in [1.29, 1.82) is 0 Å². The lowest BCUT2D eigenvalue weighted by Crippen LogP contribution is -2.01. The fraction of sp³-hybridized carbons (Fsp3) is 0.222. The van der Waals surface area contributed by atoms with E-state index < -0.39 is 0 Å². The van der Waals surface area contributed by atoms with E-state index in [0.717, 1.165) is 21.6 Å². The second-order valence-corrected chi connectivity index (χ2v) is 4.81. The smallest absolute Gasteiger partial charge is 0.0951 e. The molecule has 2 aromatic rings. The standard InChI is InChI=1S/C9H8Cl2N2S/c10-5-3-7-8(4-6(5)11)14-9(13-7)1-2-12/h3-4H,1-2,12H2. The van der Waals surface area contributed by atoms with E-state index in [9.17, 15) is 0 Å². The normalized spacial score (nSPS) is 11.1. The summed E-state index contributed by atoms with van der Waals surface area (Å²) in [6.07, 6.45) is 0.800. The number of hydrogen-bond donors (Lipinski definition) is 1. The number of benzene rings is 1. The van der Waals surface area contributed by atoms with Crippen LogP contribution in [0, 0.1) is 0 Å². The summed E-state index contributed by atoms with van der Waals surface area (Å²) in [5.74, 6) is 0. The van der Waals surface area contributed by atoms with Gasteiger partial charge in [0.15, 0.2) is 0 Å². The van der Waals surface area contributed by atoms with Gasteiger partial charge in [-0.25, -0.2) is 4.98 Å². The van der Waals surface area contributed by atoms with Gasteiger partial charge in [-0.2, -0.15) is 0 Å². The highest BCUT2D eigenvalue weighted by Gasteiger charge is 2.06. The molecule has 0 amide bonds. The molecule has 74 valence electrons. The van der Waals surface area contributed by atoms with Crippen LogP contribution in [0.4, 0.5) is 0 Å². The SMILES string of the molecule is NCCc1nc2cc(Cl)c(Cl)cc2s1. The van der Waals surface area contributed by atoms with Crippen molar-refractivity contribution in [3.05, 3.63) is 27.2 Å². The topological polar surface area (TPSA) is 38.9 Å². The van der Waals surface area contributed by atoms with E-state index in [-0.39, 0.29) is 0 Å². The Balaban J connectivity index is 2.54. The van der Waals surface area contributed by atoms with Crippen LogP contribution in [0.3, 0.4) is 0 Å². The maximum absolute atomic E-state index is 5.90.